The van der Waals surface area contributed by atoms with Gasteiger partial charge in [0.1, 0.15) is 6.07 Å². The van der Waals surface area contributed by atoms with Gasteiger partial charge in [0.05, 0.1) is 11.2 Å². The number of nitriles is 1. The molecule has 0 bridgehead atoms. The predicted octanol–water partition coefficient (Wildman–Crippen LogP) is 6.18. The Morgan fingerprint density at radius 3 is 2.53 bits per heavy atom. The van der Waals surface area contributed by atoms with Crippen LogP contribution >= 0.6 is 0 Å². The summed E-state index contributed by atoms with van der Waals surface area (Å²) in [4.78, 5) is 8.71. The van der Waals surface area contributed by atoms with Crippen molar-refractivity contribution in [3.63, 3.8) is 0 Å². The third-order valence-corrected chi connectivity index (χ3v) is 8.54. The number of rotatable bonds is 7. The first-order valence-electron chi connectivity index (χ1n) is 13.1. The highest BCUT2D eigenvalue weighted by molar-refractivity contribution is 5.36. The Hall–Kier alpha value is -2.50. The molecule has 0 radical (unpaired) electrons. The second-order valence-electron chi connectivity index (χ2n) is 10.8. The van der Waals surface area contributed by atoms with E-state index in [0.29, 0.717) is 24.6 Å². The third kappa shape index (κ3) is 5.14. The molecular formula is C28H33F3N4O. The molecule has 3 fully saturated rings. The molecule has 1 unspecified atom stereocenters. The van der Waals surface area contributed by atoms with Crippen LogP contribution in [0.1, 0.15) is 98.2 Å². The van der Waals surface area contributed by atoms with Gasteiger partial charge in [0.2, 0.25) is 0 Å². The molecule has 5 rings (SSSR count). The van der Waals surface area contributed by atoms with E-state index in [-0.39, 0.29) is 17.6 Å². The van der Waals surface area contributed by atoms with Crippen LogP contribution in [0.5, 0.6) is 0 Å². The van der Waals surface area contributed by atoms with Crippen LogP contribution in [0.25, 0.3) is 0 Å². The monoisotopic (exact) mass is 498 g/mol. The molecule has 3 aliphatic rings. The Morgan fingerprint density at radius 2 is 1.89 bits per heavy atom. The maximum absolute atomic E-state index is 13.3. The molecular weight excluding hydrogens is 465 g/mol. The molecule has 0 aromatic carbocycles. The number of alkyl halides is 3. The quantitative estimate of drug-likeness (QED) is 0.462. The molecule has 3 heterocycles. The first kappa shape index (κ1) is 25.2. The second kappa shape index (κ2) is 10.1. The fourth-order valence-electron chi connectivity index (χ4n) is 6.29. The lowest BCUT2D eigenvalue weighted by Gasteiger charge is -2.46. The van der Waals surface area contributed by atoms with Crippen LogP contribution in [0.15, 0.2) is 30.6 Å². The zero-order chi connectivity index (χ0) is 25.2. The van der Waals surface area contributed by atoms with Crippen molar-refractivity contribution in [2.75, 3.05) is 13.2 Å². The van der Waals surface area contributed by atoms with Gasteiger partial charge in [0.25, 0.3) is 0 Å². The van der Waals surface area contributed by atoms with Crippen molar-refractivity contribution >= 4 is 0 Å². The third-order valence-electron chi connectivity index (χ3n) is 8.54. The van der Waals surface area contributed by atoms with Gasteiger partial charge in [-0.1, -0.05) is 25.3 Å². The highest BCUT2D eigenvalue weighted by Crippen LogP contribution is 2.50. The fourth-order valence-corrected chi connectivity index (χ4v) is 6.29. The van der Waals surface area contributed by atoms with Crippen molar-refractivity contribution in [1.82, 2.24) is 15.3 Å². The molecule has 2 saturated carbocycles. The van der Waals surface area contributed by atoms with Crippen LogP contribution < -0.4 is 5.32 Å². The molecule has 1 spiro atoms. The Kier molecular flexibility index (Phi) is 7.06. The largest absolute Gasteiger partial charge is 0.419 e. The normalized spacial score (nSPS) is 23.9. The number of nitrogens with zero attached hydrogens (tertiary/aromatic N) is 3. The van der Waals surface area contributed by atoms with Crippen LogP contribution in [-0.2, 0) is 22.9 Å². The highest BCUT2D eigenvalue weighted by atomic mass is 19.4. The highest BCUT2D eigenvalue weighted by Gasteiger charge is 2.48. The summed E-state index contributed by atoms with van der Waals surface area (Å²) >= 11 is 0. The van der Waals surface area contributed by atoms with E-state index >= 15 is 0 Å². The topological polar surface area (TPSA) is 70.8 Å². The SMILES string of the molecule is N#Cc1ncc(CNCCC2(c3ccc(C4CCC4)cn3)CCOC3(CCCC3)C2)cc1C(F)(F)F. The van der Waals surface area contributed by atoms with Crippen molar-refractivity contribution in [3.8, 4) is 6.07 Å². The minimum absolute atomic E-state index is 0.0781. The maximum Gasteiger partial charge on any atom is 0.419 e. The Morgan fingerprint density at radius 1 is 1.08 bits per heavy atom. The van der Waals surface area contributed by atoms with Crippen LogP contribution in [0.2, 0.25) is 0 Å². The molecule has 5 nitrogen and oxygen atoms in total. The predicted molar refractivity (Wildman–Crippen MR) is 129 cm³/mol. The van der Waals surface area contributed by atoms with Gasteiger partial charge in [-0.2, -0.15) is 18.4 Å². The first-order valence-corrected chi connectivity index (χ1v) is 13.1. The second-order valence-corrected chi connectivity index (χ2v) is 10.8. The summed E-state index contributed by atoms with van der Waals surface area (Å²) in [6.45, 7) is 1.61. The zero-order valence-corrected chi connectivity index (χ0v) is 20.5. The summed E-state index contributed by atoms with van der Waals surface area (Å²) in [6, 6.07) is 7.02. The van der Waals surface area contributed by atoms with Crippen molar-refractivity contribution in [1.29, 1.82) is 5.26 Å². The molecule has 1 N–H and O–H groups in total. The summed E-state index contributed by atoms with van der Waals surface area (Å²) in [6.07, 6.45) is 9.80. The molecule has 192 valence electrons. The maximum atomic E-state index is 13.3. The first-order chi connectivity index (χ1) is 17.3. The van der Waals surface area contributed by atoms with Crippen molar-refractivity contribution < 1.29 is 17.9 Å². The lowest BCUT2D eigenvalue weighted by Crippen LogP contribution is -2.47. The van der Waals surface area contributed by atoms with E-state index < -0.39 is 17.4 Å². The number of halogens is 3. The summed E-state index contributed by atoms with van der Waals surface area (Å²) in [7, 11) is 0. The van der Waals surface area contributed by atoms with Gasteiger partial charge in [-0.3, -0.25) is 4.98 Å². The molecule has 0 amide bonds. The van der Waals surface area contributed by atoms with Gasteiger partial charge in [-0.25, -0.2) is 4.98 Å². The lowest BCUT2D eigenvalue weighted by molar-refractivity contribution is -0.138. The molecule has 2 aliphatic carbocycles. The molecule has 1 saturated heterocycles. The fraction of sp³-hybridized carbons (Fsp3) is 0.607. The van der Waals surface area contributed by atoms with Gasteiger partial charge in [0, 0.05) is 36.7 Å². The lowest BCUT2D eigenvalue weighted by atomic mass is 9.67. The molecule has 36 heavy (non-hydrogen) atoms. The Balaban J connectivity index is 1.30. The molecule has 8 heteroatoms. The number of aromatic nitrogens is 2. The average molecular weight is 499 g/mol. The van der Waals surface area contributed by atoms with Crippen LogP contribution in [0, 0.1) is 11.3 Å². The van der Waals surface area contributed by atoms with E-state index in [0.717, 1.165) is 43.9 Å². The Labute approximate surface area is 210 Å². The van der Waals surface area contributed by atoms with Gasteiger partial charge in [0.15, 0.2) is 5.69 Å². The van der Waals surface area contributed by atoms with E-state index in [1.807, 2.05) is 0 Å². The molecule has 2 aromatic heterocycles. The van der Waals surface area contributed by atoms with Crippen LogP contribution in [-0.4, -0.2) is 28.7 Å². The van der Waals surface area contributed by atoms with Crippen molar-refractivity contribution in [2.45, 2.75) is 93.9 Å². The van der Waals surface area contributed by atoms with Gasteiger partial charge < -0.3 is 10.1 Å². The van der Waals surface area contributed by atoms with E-state index in [1.54, 1.807) is 0 Å². The average Bonchev–Trinajstić information content (AvgIpc) is 3.27. The smallest absolute Gasteiger partial charge is 0.375 e. The number of pyridine rings is 2. The molecule has 1 aliphatic heterocycles. The summed E-state index contributed by atoms with van der Waals surface area (Å²) in [5.41, 5.74) is 1.09. The van der Waals surface area contributed by atoms with E-state index in [9.17, 15) is 13.2 Å². The van der Waals surface area contributed by atoms with E-state index in [1.165, 1.54) is 49.9 Å². The minimum atomic E-state index is -4.60. The number of hydrogen-bond acceptors (Lipinski definition) is 5. The van der Waals surface area contributed by atoms with E-state index in [2.05, 4.69) is 28.6 Å². The number of ether oxygens (including phenoxy) is 1. The van der Waals surface area contributed by atoms with Crippen molar-refractivity contribution in [2.24, 2.45) is 0 Å². The Bertz CT molecular complexity index is 1100. The van der Waals surface area contributed by atoms with Crippen LogP contribution in [0.3, 0.4) is 0 Å². The summed E-state index contributed by atoms with van der Waals surface area (Å²) < 4.78 is 46.3. The minimum Gasteiger partial charge on any atom is -0.375 e. The van der Waals surface area contributed by atoms with E-state index in [4.69, 9.17) is 15.0 Å². The van der Waals surface area contributed by atoms with Gasteiger partial charge >= 0.3 is 6.18 Å². The number of hydrogen-bond donors (Lipinski definition) is 1. The summed E-state index contributed by atoms with van der Waals surface area (Å²) in [5.74, 6) is 0.641. The zero-order valence-electron chi connectivity index (χ0n) is 20.5. The van der Waals surface area contributed by atoms with Gasteiger partial charge in [-0.15, -0.1) is 0 Å². The molecule has 2 aromatic rings. The number of nitrogens with one attached hydrogen (secondary N) is 1. The van der Waals surface area contributed by atoms with Crippen LogP contribution in [0.4, 0.5) is 13.2 Å². The summed E-state index contributed by atoms with van der Waals surface area (Å²) in [5, 5.41) is 12.3. The van der Waals surface area contributed by atoms with Gasteiger partial charge in [-0.05, 0) is 80.7 Å². The standard InChI is InChI=1S/C28H33F3N4O/c29-28(30,31)23-14-20(17-34-24(23)15-32)16-33-12-10-26(11-13-36-27(19-26)8-1-2-9-27)25-7-6-22(18-35-25)21-4-3-5-21/h6-7,14,17-18,21,33H,1-5,8-13,16,19H2. The molecule has 1 atom stereocenters. The van der Waals surface area contributed by atoms with Crippen molar-refractivity contribution in [3.05, 3.63) is 58.7 Å².